The van der Waals surface area contributed by atoms with Gasteiger partial charge in [0, 0.05) is 11.3 Å². The van der Waals surface area contributed by atoms with Gasteiger partial charge in [-0.15, -0.1) is 16.4 Å². The van der Waals surface area contributed by atoms with Crippen molar-refractivity contribution in [1.82, 2.24) is 20.2 Å². The Morgan fingerprint density at radius 2 is 2.53 bits per heavy atom. The largest absolute Gasteiger partial charge is 0.462 e. The molecule has 0 spiro atoms. The molecule has 2 atom stereocenters. The minimum atomic E-state index is -0.205. The third-order valence-electron chi connectivity index (χ3n) is 2.76. The normalized spacial score (nSPS) is 22.7. The van der Waals surface area contributed by atoms with Crippen LogP contribution in [0.5, 0.6) is 0 Å². The number of hydrogen-bond acceptors (Lipinski definition) is 7. The quantitative estimate of drug-likeness (QED) is 0.798. The summed E-state index contributed by atoms with van der Waals surface area (Å²) in [6, 6.07) is 4.03. The van der Waals surface area contributed by atoms with Gasteiger partial charge in [-0.05, 0) is 28.8 Å². The van der Waals surface area contributed by atoms with Gasteiger partial charge in [-0.1, -0.05) is 17.8 Å². The third-order valence-corrected chi connectivity index (χ3v) is 4.79. The van der Waals surface area contributed by atoms with Crippen molar-refractivity contribution in [2.45, 2.75) is 36.4 Å². The van der Waals surface area contributed by atoms with Crippen molar-refractivity contribution in [3.63, 3.8) is 0 Å². The van der Waals surface area contributed by atoms with E-state index in [1.807, 2.05) is 24.4 Å². The molecule has 2 aromatic rings. The summed E-state index contributed by atoms with van der Waals surface area (Å²) < 4.78 is 6.85. The molecule has 0 bridgehead atoms. The first-order valence-electron chi connectivity index (χ1n) is 5.88. The molecule has 3 rings (SSSR count). The Hall–Kier alpha value is -1.41. The second kappa shape index (κ2) is 5.30. The summed E-state index contributed by atoms with van der Waals surface area (Å²) in [6.45, 7) is 2.53. The standard InChI is InChI=1S/C11H12N4O2S2/c1-7-5-9(10(16)17-7)19-11-12-13-14-15(11)6-8-3-2-4-18-8/h2-4,7,9H,5-6H2,1H3/t7-,9+/m1/s1. The summed E-state index contributed by atoms with van der Waals surface area (Å²) in [5.74, 6) is -0.178. The van der Waals surface area contributed by atoms with Crippen LogP contribution in [-0.2, 0) is 16.1 Å². The fourth-order valence-electron chi connectivity index (χ4n) is 1.87. The molecule has 8 heteroatoms. The Balaban J connectivity index is 1.72. The molecule has 0 aromatic carbocycles. The summed E-state index contributed by atoms with van der Waals surface area (Å²) in [4.78, 5) is 12.8. The van der Waals surface area contributed by atoms with Gasteiger partial charge in [0.25, 0.3) is 0 Å². The number of esters is 1. The number of thioether (sulfide) groups is 1. The predicted molar refractivity (Wildman–Crippen MR) is 71.1 cm³/mol. The lowest BCUT2D eigenvalue weighted by Crippen LogP contribution is -2.12. The van der Waals surface area contributed by atoms with Gasteiger partial charge in [-0.3, -0.25) is 4.79 Å². The first-order valence-corrected chi connectivity index (χ1v) is 7.64. The molecule has 1 aliphatic rings. The molecule has 0 aliphatic carbocycles. The van der Waals surface area contributed by atoms with Crippen molar-refractivity contribution >= 4 is 29.1 Å². The van der Waals surface area contributed by atoms with E-state index >= 15 is 0 Å². The highest BCUT2D eigenvalue weighted by atomic mass is 32.2. The van der Waals surface area contributed by atoms with E-state index < -0.39 is 0 Å². The van der Waals surface area contributed by atoms with Crippen LogP contribution in [0.1, 0.15) is 18.2 Å². The molecule has 0 unspecified atom stereocenters. The summed E-state index contributed by atoms with van der Waals surface area (Å²) >= 11 is 3.03. The minimum Gasteiger partial charge on any atom is -0.462 e. The molecule has 1 aliphatic heterocycles. The van der Waals surface area contributed by atoms with Crippen LogP contribution in [-0.4, -0.2) is 37.5 Å². The van der Waals surface area contributed by atoms with Gasteiger partial charge in [-0.25, -0.2) is 4.68 Å². The maximum Gasteiger partial charge on any atom is 0.319 e. The summed E-state index contributed by atoms with van der Waals surface area (Å²) in [5.41, 5.74) is 0. The van der Waals surface area contributed by atoms with Gasteiger partial charge in [0.15, 0.2) is 0 Å². The zero-order valence-corrected chi connectivity index (χ0v) is 11.9. The van der Waals surface area contributed by atoms with E-state index in [-0.39, 0.29) is 17.3 Å². The fraction of sp³-hybridized carbons (Fsp3) is 0.455. The summed E-state index contributed by atoms with van der Waals surface area (Å²) in [6.07, 6.45) is 0.682. The zero-order valence-electron chi connectivity index (χ0n) is 10.2. The number of carbonyl (C=O) groups excluding carboxylic acids is 1. The monoisotopic (exact) mass is 296 g/mol. The SMILES string of the molecule is C[C@@H]1C[C@H](Sc2nnnn2Cc2cccs2)C(=O)O1. The van der Waals surface area contributed by atoms with E-state index in [0.29, 0.717) is 18.1 Å². The van der Waals surface area contributed by atoms with E-state index in [1.165, 1.54) is 16.6 Å². The lowest BCUT2D eigenvalue weighted by Gasteiger charge is -2.05. The van der Waals surface area contributed by atoms with Crippen LogP contribution >= 0.6 is 23.1 Å². The van der Waals surface area contributed by atoms with Gasteiger partial charge >= 0.3 is 5.97 Å². The van der Waals surface area contributed by atoms with E-state index in [0.717, 1.165) is 0 Å². The van der Waals surface area contributed by atoms with E-state index in [1.54, 1.807) is 16.0 Å². The molecule has 19 heavy (non-hydrogen) atoms. The maximum absolute atomic E-state index is 11.6. The van der Waals surface area contributed by atoms with Crippen molar-refractivity contribution in [3.05, 3.63) is 22.4 Å². The van der Waals surface area contributed by atoms with E-state index in [4.69, 9.17) is 4.74 Å². The third kappa shape index (κ3) is 2.79. The Morgan fingerprint density at radius 1 is 1.63 bits per heavy atom. The first kappa shape index (κ1) is 12.6. The number of nitrogens with zero attached hydrogens (tertiary/aromatic N) is 4. The van der Waals surface area contributed by atoms with E-state index in [9.17, 15) is 4.79 Å². The second-order valence-corrected chi connectivity index (χ2v) is 6.49. The number of tetrazole rings is 1. The first-order chi connectivity index (χ1) is 9.22. The van der Waals surface area contributed by atoms with Crippen molar-refractivity contribution in [2.24, 2.45) is 0 Å². The molecule has 100 valence electrons. The molecule has 1 fully saturated rings. The number of rotatable bonds is 4. The lowest BCUT2D eigenvalue weighted by molar-refractivity contribution is -0.140. The van der Waals surface area contributed by atoms with Gasteiger partial charge in [0.1, 0.15) is 11.4 Å². The molecular formula is C11H12N4O2S2. The smallest absolute Gasteiger partial charge is 0.319 e. The molecule has 6 nitrogen and oxygen atoms in total. The molecule has 3 heterocycles. The topological polar surface area (TPSA) is 69.9 Å². The van der Waals surface area contributed by atoms with Crippen LogP contribution in [0.4, 0.5) is 0 Å². The molecule has 0 N–H and O–H groups in total. The summed E-state index contributed by atoms with van der Waals surface area (Å²) in [5, 5.41) is 14.1. The Bertz CT molecular complexity index is 569. The van der Waals surface area contributed by atoms with Crippen molar-refractivity contribution < 1.29 is 9.53 Å². The molecule has 0 radical (unpaired) electrons. The van der Waals surface area contributed by atoms with E-state index in [2.05, 4.69) is 15.5 Å². The van der Waals surface area contributed by atoms with Crippen LogP contribution in [0.25, 0.3) is 0 Å². The average Bonchev–Trinajstić information content (AvgIpc) is 3.06. The molecule has 0 amide bonds. The number of cyclic esters (lactones) is 1. The number of aromatic nitrogens is 4. The van der Waals surface area contributed by atoms with Gasteiger partial charge < -0.3 is 4.74 Å². The number of carbonyl (C=O) groups is 1. The van der Waals surface area contributed by atoms with Crippen LogP contribution in [0.15, 0.2) is 22.7 Å². The van der Waals surface area contributed by atoms with Crippen molar-refractivity contribution in [3.8, 4) is 0 Å². The van der Waals surface area contributed by atoms with Gasteiger partial charge in [-0.2, -0.15) is 0 Å². The van der Waals surface area contributed by atoms with Gasteiger partial charge in [0.2, 0.25) is 5.16 Å². The van der Waals surface area contributed by atoms with Crippen LogP contribution in [0.2, 0.25) is 0 Å². The fourth-order valence-corrected chi connectivity index (χ4v) is 3.64. The molecule has 2 aromatic heterocycles. The summed E-state index contributed by atoms with van der Waals surface area (Å²) in [7, 11) is 0. The average molecular weight is 296 g/mol. The minimum absolute atomic E-state index is 0.0216. The number of ether oxygens (including phenoxy) is 1. The lowest BCUT2D eigenvalue weighted by atomic mass is 10.3. The Morgan fingerprint density at radius 3 is 3.21 bits per heavy atom. The molecular weight excluding hydrogens is 284 g/mol. The van der Waals surface area contributed by atoms with Crippen LogP contribution in [0.3, 0.4) is 0 Å². The highest BCUT2D eigenvalue weighted by molar-refractivity contribution is 8.00. The Kier molecular flexibility index (Phi) is 3.52. The highest BCUT2D eigenvalue weighted by Crippen LogP contribution is 2.30. The van der Waals surface area contributed by atoms with Crippen LogP contribution in [0, 0.1) is 0 Å². The van der Waals surface area contributed by atoms with Gasteiger partial charge in [0.05, 0.1) is 6.54 Å². The number of thiophene rings is 1. The van der Waals surface area contributed by atoms with Crippen LogP contribution < -0.4 is 0 Å². The van der Waals surface area contributed by atoms with Crippen molar-refractivity contribution in [2.75, 3.05) is 0 Å². The molecule has 0 saturated carbocycles. The van der Waals surface area contributed by atoms with Crippen molar-refractivity contribution in [1.29, 1.82) is 0 Å². The Labute approximate surface area is 118 Å². The predicted octanol–water partition coefficient (Wildman–Crippen LogP) is 1.58. The molecule has 1 saturated heterocycles. The zero-order chi connectivity index (χ0) is 13.2. The highest BCUT2D eigenvalue weighted by Gasteiger charge is 2.34. The maximum atomic E-state index is 11.6. The number of hydrogen-bond donors (Lipinski definition) is 0. The second-order valence-electron chi connectivity index (χ2n) is 4.29.